The van der Waals surface area contributed by atoms with Crippen LogP contribution in [0.4, 0.5) is 0 Å². The summed E-state index contributed by atoms with van der Waals surface area (Å²) in [6.07, 6.45) is 2.20. The van der Waals surface area contributed by atoms with Crippen LogP contribution in [0.25, 0.3) is 0 Å². The number of aryl methyl sites for hydroxylation is 1. The van der Waals surface area contributed by atoms with Crippen LogP contribution in [-0.4, -0.2) is 61.4 Å². The molecule has 0 atom stereocenters. The number of hydrogen-bond donors (Lipinski definition) is 1. The summed E-state index contributed by atoms with van der Waals surface area (Å²) < 4.78 is 28.1. The van der Waals surface area contributed by atoms with Crippen LogP contribution < -0.4 is 5.73 Å². The summed E-state index contributed by atoms with van der Waals surface area (Å²) in [7, 11) is 0.771. The molecule has 134 valence electrons. The smallest absolute Gasteiger partial charge is 0.265 e. The number of aromatic nitrogens is 1. The number of hydrogen-bond acceptors (Lipinski definition) is 5. The molecule has 1 aliphatic heterocycles. The van der Waals surface area contributed by atoms with Gasteiger partial charge >= 0.3 is 0 Å². The van der Waals surface area contributed by atoms with E-state index in [1.165, 1.54) is 35.3 Å². The number of piperidine rings is 1. The van der Waals surface area contributed by atoms with Gasteiger partial charge in [-0.1, -0.05) is 0 Å². The Balaban J connectivity index is 2.12. The van der Waals surface area contributed by atoms with Crippen molar-refractivity contribution in [2.75, 3.05) is 27.2 Å². The van der Waals surface area contributed by atoms with Gasteiger partial charge in [-0.25, -0.2) is 13.5 Å². The zero-order valence-corrected chi connectivity index (χ0v) is 14.7. The maximum atomic E-state index is 12.7. The molecular formula is C14H22N4O5S. The summed E-state index contributed by atoms with van der Waals surface area (Å²) in [4.78, 5) is 28.2. The van der Waals surface area contributed by atoms with Gasteiger partial charge in [-0.15, -0.1) is 0 Å². The predicted octanol–water partition coefficient (Wildman–Crippen LogP) is -0.455. The molecule has 1 aromatic heterocycles. The van der Waals surface area contributed by atoms with Crippen molar-refractivity contribution in [2.24, 2.45) is 18.7 Å². The average Bonchev–Trinajstić information content (AvgIpc) is 2.96. The lowest BCUT2D eigenvalue weighted by atomic mass is 9.97. The van der Waals surface area contributed by atoms with Crippen molar-refractivity contribution in [2.45, 2.75) is 17.7 Å². The van der Waals surface area contributed by atoms with E-state index in [0.29, 0.717) is 12.8 Å². The first-order valence-electron chi connectivity index (χ1n) is 7.46. The quantitative estimate of drug-likeness (QED) is 0.716. The zero-order valence-electron chi connectivity index (χ0n) is 13.9. The number of sulfonamides is 1. The lowest BCUT2D eigenvalue weighted by Gasteiger charge is -2.31. The van der Waals surface area contributed by atoms with E-state index >= 15 is 0 Å². The fourth-order valence-corrected chi connectivity index (χ4v) is 4.30. The van der Waals surface area contributed by atoms with Crippen molar-refractivity contribution in [3.63, 3.8) is 0 Å². The van der Waals surface area contributed by atoms with E-state index < -0.39 is 15.9 Å². The largest absolute Gasteiger partial charge is 0.364 e. The highest BCUT2D eigenvalue weighted by Gasteiger charge is 2.34. The van der Waals surface area contributed by atoms with Gasteiger partial charge < -0.3 is 10.3 Å². The number of carbonyl (C=O) groups excluding carboxylic acids is 2. The van der Waals surface area contributed by atoms with E-state index in [1.54, 1.807) is 7.05 Å². The molecule has 2 heterocycles. The van der Waals surface area contributed by atoms with Crippen molar-refractivity contribution in [1.82, 2.24) is 13.9 Å². The number of rotatable bonds is 5. The third kappa shape index (κ3) is 3.45. The topological polar surface area (TPSA) is 115 Å². The van der Waals surface area contributed by atoms with Crippen molar-refractivity contribution >= 4 is 21.8 Å². The van der Waals surface area contributed by atoms with Crippen molar-refractivity contribution < 1.29 is 22.8 Å². The van der Waals surface area contributed by atoms with Crippen molar-refractivity contribution in [3.05, 3.63) is 18.0 Å². The van der Waals surface area contributed by atoms with Gasteiger partial charge in [0.15, 0.2) is 0 Å². The Morgan fingerprint density at radius 1 is 1.33 bits per heavy atom. The first-order valence-corrected chi connectivity index (χ1v) is 8.90. The molecule has 0 aromatic carbocycles. The first-order chi connectivity index (χ1) is 11.2. The minimum absolute atomic E-state index is 0.0255. The zero-order chi connectivity index (χ0) is 18.1. The number of primary amides is 1. The molecular weight excluding hydrogens is 336 g/mol. The molecule has 24 heavy (non-hydrogen) atoms. The third-order valence-corrected chi connectivity index (χ3v) is 6.12. The monoisotopic (exact) mass is 358 g/mol. The highest BCUT2D eigenvalue weighted by molar-refractivity contribution is 7.89. The number of nitrogens with two attached hydrogens (primary N) is 1. The van der Waals surface area contributed by atoms with Gasteiger partial charge in [0, 0.05) is 39.3 Å². The van der Waals surface area contributed by atoms with Crippen LogP contribution in [0.3, 0.4) is 0 Å². The standard InChI is InChI=1S/C14H22N4O5S/c1-16-9-11(8-12(16)13(15)19)24(21,22)18-6-4-10(5-7-18)14(20)17(2)23-3/h8-10H,4-7H2,1-3H3,(H2,15,19). The number of hydroxylamine groups is 2. The Bertz CT molecular complexity index is 734. The molecule has 0 unspecified atom stereocenters. The molecule has 0 radical (unpaired) electrons. The molecule has 1 fully saturated rings. The molecule has 0 saturated carbocycles. The number of nitrogens with zero attached hydrogens (tertiary/aromatic N) is 3. The van der Waals surface area contributed by atoms with Gasteiger partial charge in [0.2, 0.25) is 15.9 Å². The highest BCUT2D eigenvalue weighted by Crippen LogP contribution is 2.25. The number of amides is 2. The molecule has 0 spiro atoms. The minimum atomic E-state index is -3.72. The van der Waals surface area contributed by atoms with E-state index in [0.717, 1.165) is 5.06 Å². The molecule has 1 aromatic rings. The Hall–Kier alpha value is -1.91. The molecule has 10 heteroatoms. The minimum Gasteiger partial charge on any atom is -0.364 e. The van der Waals surface area contributed by atoms with Crippen molar-refractivity contribution in [3.8, 4) is 0 Å². The Labute approximate surface area is 141 Å². The van der Waals surface area contributed by atoms with Crippen LogP contribution in [-0.2, 0) is 26.7 Å². The van der Waals surface area contributed by atoms with Gasteiger partial charge in [0.1, 0.15) is 10.6 Å². The van der Waals surface area contributed by atoms with E-state index in [2.05, 4.69) is 0 Å². The lowest BCUT2D eigenvalue weighted by molar-refractivity contribution is -0.174. The van der Waals surface area contributed by atoms with Gasteiger partial charge in [0.25, 0.3) is 5.91 Å². The molecule has 2 amide bonds. The van der Waals surface area contributed by atoms with E-state index in [4.69, 9.17) is 10.6 Å². The fourth-order valence-electron chi connectivity index (χ4n) is 2.76. The van der Waals surface area contributed by atoms with E-state index in [1.807, 2.05) is 0 Å². The SMILES string of the molecule is CON(C)C(=O)C1CCN(S(=O)(=O)c2cc(C(N)=O)n(C)c2)CC1. The Morgan fingerprint density at radius 3 is 2.38 bits per heavy atom. The molecule has 2 rings (SSSR count). The maximum Gasteiger partial charge on any atom is 0.265 e. The van der Waals surface area contributed by atoms with Crippen LogP contribution >= 0.6 is 0 Å². The van der Waals surface area contributed by atoms with Crippen LogP contribution in [0.2, 0.25) is 0 Å². The van der Waals surface area contributed by atoms with E-state index in [9.17, 15) is 18.0 Å². The fraction of sp³-hybridized carbons (Fsp3) is 0.571. The Morgan fingerprint density at radius 2 is 1.92 bits per heavy atom. The molecule has 1 aliphatic rings. The molecule has 0 aliphatic carbocycles. The van der Waals surface area contributed by atoms with Crippen LogP contribution in [0.15, 0.2) is 17.2 Å². The number of carbonyl (C=O) groups is 2. The average molecular weight is 358 g/mol. The maximum absolute atomic E-state index is 12.7. The summed E-state index contributed by atoms with van der Waals surface area (Å²) in [5.74, 6) is -1.12. The summed E-state index contributed by atoms with van der Waals surface area (Å²) >= 11 is 0. The van der Waals surface area contributed by atoms with Crippen LogP contribution in [0.1, 0.15) is 23.3 Å². The lowest BCUT2D eigenvalue weighted by Crippen LogP contribution is -2.43. The van der Waals surface area contributed by atoms with Gasteiger partial charge in [-0.05, 0) is 18.9 Å². The normalized spacial score (nSPS) is 17.0. The molecule has 0 bridgehead atoms. The second kappa shape index (κ2) is 6.91. The molecule has 1 saturated heterocycles. The molecule has 2 N–H and O–H groups in total. The first kappa shape index (κ1) is 18.4. The Kier molecular flexibility index (Phi) is 5.31. The van der Waals surface area contributed by atoms with Gasteiger partial charge in [0.05, 0.1) is 7.11 Å². The summed E-state index contributed by atoms with van der Waals surface area (Å²) in [6.45, 7) is 0.466. The molecule has 9 nitrogen and oxygen atoms in total. The van der Waals surface area contributed by atoms with Crippen LogP contribution in [0.5, 0.6) is 0 Å². The highest BCUT2D eigenvalue weighted by atomic mass is 32.2. The third-order valence-electron chi connectivity index (χ3n) is 4.26. The van der Waals surface area contributed by atoms with Crippen molar-refractivity contribution in [1.29, 1.82) is 0 Å². The second-order valence-corrected chi connectivity index (χ2v) is 7.67. The second-order valence-electron chi connectivity index (χ2n) is 5.73. The van der Waals surface area contributed by atoms with Gasteiger partial charge in [-0.2, -0.15) is 4.31 Å². The summed E-state index contributed by atoms with van der Waals surface area (Å²) in [5.41, 5.74) is 5.35. The van der Waals surface area contributed by atoms with Gasteiger partial charge in [-0.3, -0.25) is 14.4 Å². The summed E-state index contributed by atoms with van der Waals surface area (Å²) in [6, 6.07) is 1.27. The van der Waals surface area contributed by atoms with Crippen LogP contribution in [0, 0.1) is 5.92 Å². The predicted molar refractivity (Wildman–Crippen MR) is 85.2 cm³/mol. The summed E-state index contributed by atoms with van der Waals surface area (Å²) in [5, 5.41) is 1.16. The van der Waals surface area contributed by atoms with E-state index in [-0.39, 0.29) is 35.5 Å².